The van der Waals surface area contributed by atoms with E-state index in [1.807, 2.05) is 0 Å². The lowest BCUT2D eigenvalue weighted by molar-refractivity contribution is -0.131. The fourth-order valence-corrected chi connectivity index (χ4v) is 0.372. The van der Waals surface area contributed by atoms with Crippen LogP contribution in [0.15, 0.2) is 12.2 Å². The van der Waals surface area contributed by atoms with Crippen LogP contribution in [0.3, 0.4) is 0 Å². The van der Waals surface area contributed by atoms with Crippen molar-refractivity contribution in [3.8, 4) is 11.8 Å². The molecule has 0 amide bonds. The van der Waals surface area contributed by atoms with Gasteiger partial charge in [0.05, 0.1) is 5.33 Å². The Bertz CT molecular complexity index is 173. The molecule has 0 rings (SSSR count). The summed E-state index contributed by atoms with van der Waals surface area (Å²) >= 11 is 3.06. The van der Waals surface area contributed by atoms with Crippen LogP contribution in [0.4, 0.5) is 0 Å². The predicted molar refractivity (Wildman–Crippen MR) is 38.3 cm³/mol. The molecule has 0 aliphatic rings. The SMILES string of the molecule is O=C(O)/C=C/C#CCBr. The summed E-state index contributed by atoms with van der Waals surface area (Å²) < 4.78 is 0. The van der Waals surface area contributed by atoms with Crippen molar-refractivity contribution in [1.29, 1.82) is 0 Å². The Morgan fingerprint density at radius 3 is 2.89 bits per heavy atom. The highest BCUT2D eigenvalue weighted by atomic mass is 79.9. The summed E-state index contributed by atoms with van der Waals surface area (Å²) in [5.74, 6) is 4.15. The summed E-state index contributed by atoms with van der Waals surface area (Å²) in [6, 6.07) is 0. The smallest absolute Gasteiger partial charge is 0.328 e. The maximum absolute atomic E-state index is 9.80. The fourth-order valence-electron chi connectivity index (χ4n) is 0.210. The van der Waals surface area contributed by atoms with E-state index in [-0.39, 0.29) is 0 Å². The minimum atomic E-state index is -0.973. The molecule has 9 heavy (non-hydrogen) atoms. The molecule has 0 saturated heterocycles. The molecule has 0 aromatic heterocycles. The molecule has 48 valence electrons. The second-order valence-electron chi connectivity index (χ2n) is 1.13. The van der Waals surface area contributed by atoms with Gasteiger partial charge in [-0.1, -0.05) is 27.8 Å². The second-order valence-corrected chi connectivity index (χ2v) is 1.69. The molecule has 0 atom stereocenters. The van der Waals surface area contributed by atoms with Crippen LogP contribution in [0.25, 0.3) is 0 Å². The number of halogens is 1. The van der Waals surface area contributed by atoms with E-state index < -0.39 is 5.97 Å². The Morgan fingerprint density at radius 1 is 1.78 bits per heavy atom. The van der Waals surface area contributed by atoms with Gasteiger partial charge in [0.25, 0.3) is 0 Å². The number of allylic oxidation sites excluding steroid dienone is 1. The minimum Gasteiger partial charge on any atom is -0.478 e. The number of alkyl halides is 1. The summed E-state index contributed by atoms with van der Waals surface area (Å²) in [5, 5.41) is 8.61. The van der Waals surface area contributed by atoms with Crippen molar-refractivity contribution in [2.75, 3.05) is 5.33 Å². The van der Waals surface area contributed by atoms with Gasteiger partial charge in [-0.05, 0) is 6.08 Å². The van der Waals surface area contributed by atoms with Crippen LogP contribution in [0.5, 0.6) is 0 Å². The quantitative estimate of drug-likeness (QED) is 0.380. The summed E-state index contributed by atoms with van der Waals surface area (Å²) in [4.78, 5) is 9.80. The Balaban J connectivity index is 3.59. The molecule has 2 nitrogen and oxygen atoms in total. The standard InChI is InChI=1S/C6H5BrO2/c7-5-3-1-2-4-6(8)9/h2,4H,5H2,(H,8,9)/b4-2+. The predicted octanol–water partition coefficient (Wildman–Crippen LogP) is 1.03. The van der Waals surface area contributed by atoms with Gasteiger partial charge < -0.3 is 5.11 Å². The Hall–Kier alpha value is -0.750. The Labute approximate surface area is 61.7 Å². The van der Waals surface area contributed by atoms with E-state index in [1.165, 1.54) is 6.08 Å². The van der Waals surface area contributed by atoms with Crippen molar-refractivity contribution in [1.82, 2.24) is 0 Å². The molecule has 0 fully saturated rings. The lowest BCUT2D eigenvalue weighted by Crippen LogP contribution is -1.84. The first-order valence-corrected chi connectivity index (χ1v) is 3.33. The van der Waals surface area contributed by atoms with Gasteiger partial charge in [-0.15, -0.1) is 0 Å². The van der Waals surface area contributed by atoms with E-state index in [2.05, 4.69) is 27.8 Å². The zero-order valence-electron chi connectivity index (χ0n) is 4.60. The second kappa shape index (κ2) is 5.39. The van der Waals surface area contributed by atoms with Crippen LogP contribution in [0, 0.1) is 11.8 Å². The average Bonchev–Trinajstić information content (AvgIpc) is 1.80. The highest BCUT2D eigenvalue weighted by molar-refractivity contribution is 9.09. The number of aliphatic carboxylic acids is 1. The first kappa shape index (κ1) is 8.25. The number of carboxylic acid groups (broad SMARTS) is 1. The monoisotopic (exact) mass is 188 g/mol. The number of rotatable bonds is 1. The zero-order chi connectivity index (χ0) is 7.11. The summed E-state index contributed by atoms with van der Waals surface area (Å²) in [7, 11) is 0. The van der Waals surface area contributed by atoms with Gasteiger partial charge in [-0.2, -0.15) is 0 Å². The molecule has 0 saturated carbocycles. The summed E-state index contributed by atoms with van der Waals surface area (Å²) in [6.45, 7) is 0. The molecular formula is C6H5BrO2. The third-order valence-electron chi connectivity index (χ3n) is 0.478. The van der Waals surface area contributed by atoms with Crippen LogP contribution in [0.2, 0.25) is 0 Å². The third kappa shape index (κ3) is 7.25. The highest BCUT2D eigenvalue weighted by Gasteiger charge is 1.78. The first-order valence-electron chi connectivity index (χ1n) is 2.21. The number of carbonyl (C=O) groups is 1. The van der Waals surface area contributed by atoms with Gasteiger partial charge in [-0.3, -0.25) is 0 Å². The lowest BCUT2D eigenvalue weighted by Gasteiger charge is -1.70. The molecule has 0 aliphatic heterocycles. The maximum Gasteiger partial charge on any atom is 0.328 e. The lowest BCUT2D eigenvalue weighted by atomic mass is 10.5. The van der Waals surface area contributed by atoms with Gasteiger partial charge >= 0.3 is 5.97 Å². The highest BCUT2D eigenvalue weighted by Crippen LogP contribution is 1.74. The van der Waals surface area contributed by atoms with Gasteiger partial charge in [0.2, 0.25) is 0 Å². The topological polar surface area (TPSA) is 37.3 Å². The van der Waals surface area contributed by atoms with Crippen LogP contribution >= 0.6 is 15.9 Å². The van der Waals surface area contributed by atoms with Crippen molar-refractivity contribution >= 4 is 21.9 Å². The molecule has 1 N–H and O–H groups in total. The van der Waals surface area contributed by atoms with E-state index in [0.717, 1.165) is 6.08 Å². The molecule has 0 aromatic carbocycles. The molecule has 3 heteroatoms. The summed E-state index contributed by atoms with van der Waals surface area (Å²) in [5.41, 5.74) is 0. The van der Waals surface area contributed by atoms with E-state index in [4.69, 9.17) is 5.11 Å². The third-order valence-corrected chi connectivity index (χ3v) is 0.758. The molecule has 0 bridgehead atoms. The van der Waals surface area contributed by atoms with Crippen molar-refractivity contribution < 1.29 is 9.90 Å². The minimum absolute atomic E-state index is 0.566. The van der Waals surface area contributed by atoms with Crippen LogP contribution in [-0.4, -0.2) is 16.4 Å². The maximum atomic E-state index is 9.80. The molecule has 0 aliphatic carbocycles. The molecule has 0 unspecified atom stereocenters. The number of hydrogen-bond donors (Lipinski definition) is 1. The molecule has 0 spiro atoms. The molecule has 0 heterocycles. The zero-order valence-corrected chi connectivity index (χ0v) is 6.18. The Kier molecular flexibility index (Phi) is 4.94. The first-order chi connectivity index (χ1) is 4.27. The van der Waals surface area contributed by atoms with Crippen LogP contribution in [0.1, 0.15) is 0 Å². The van der Waals surface area contributed by atoms with E-state index >= 15 is 0 Å². The van der Waals surface area contributed by atoms with Gasteiger partial charge in [0.1, 0.15) is 0 Å². The van der Waals surface area contributed by atoms with Gasteiger partial charge in [-0.25, -0.2) is 4.79 Å². The van der Waals surface area contributed by atoms with Crippen molar-refractivity contribution in [2.45, 2.75) is 0 Å². The van der Waals surface area contributed by atoms with Gasteiger partial charge in [0, 0.05) is 6.08 Å². The largest absolute Gasteiger partial charge is 0.478 e. The van der Waals surface area contributed by atoms with Crippen molar-refractivity contribution in [3.05, 3.63) is 12.2 Å². The van der Waals surface area contributed by atoms with E-state index in [1.54, 1.807) is 0 Å². The van der Waals surface area contributed by atoms with E-state index in [9.17, 15) is 4.79 Å². The summed E-state index contributed by atoms with van der Waals surface area (Å²) in [6.07, 6.45) is 2.29. The molecule has 0 radical (unpaired) electrons. The average molecular weight is 189 g/mol. The normalized spacial score (nSPS) is 8.56. The molecule has 0 aromatic rings. The van der Waals surface area contributed by atoms with Gasteiger partial charge in [0.15, 0.2) is 0 Å². The number of carboxylic acids is 1. The Morgan fingerprint density at radius 2 is 2.44 bits per heavy atom. The number of hydrogen-bond acceptors (Lipinski definition) is 1. The van der Waals surface area contributed by atoms with Crippen LogP contribution in [-0.2, 0) is 4.79 Å². The van der Waals surface area contributed by atoms with Crippen molar-refractivity contribution in [2.24, 2.45) is 0 Å². The molecular weight excluding hydrogens is 184 g/mol. The fraction of sp³-hybridized carbons (Fsp3) is 0.167. The van der Waals surface area contributed by atoms with Crippen molar-refractivity contribution in [3.63, 3.8) is 0 Å². The van der Waals surface area contributed by atoms with Crippen LogP contribution < -0.4 is 0 Å². The van der Waals surface area contributed by atoms with E-state index in [0.29, 0.717) is 5.33 Å².